The number of aryl methyl sites for hydroxylation is 1. The fourth-order valence-corrected chi connectivity index (χ4v) is 2.06. The molecule has 4 heteroatoms. The van der Waals surface area contributed by atoms with Crippen LogP contribution >= 0.6 is 15.9 Å². The average molecular weight is 334 g/mol. The monoisotopic (exact) mass is 333 g/mol. The lowest BCUT2D eigenvalue weighted by atomic mass is 10.2. The zero-order valence-electron chi connectivity index (χ0n) is 11.4. The second-order valence-electron chi connectivity index (χ2n) is 4.57. The van der Waals surface area contributed by atoms with Gasteiger partial charge in [0, 0.05) is 10.2 Å². The summed E-state index contributed by atoms with van der Waals surface area (Å²) in [5, 5.41) is 2.83. The molecule has 2 rings (SSSR count). The number of nitrogens with one attached hydrogen (secondary N) is 1. The van der Waals surface area contributed by atoms with Crippen LogP contribution in [0, 0.1) is 6.92 Å². The van der Waals surface area contributed by atoms with E-state index in [4.69, 9.17) is 4.74 Å². The van der Waals surface area contributed by atoms with Crippen molar-refractivity contribution in [1.29, 1.82) is 0 Å². The van der Waals surface area contributed by atoms with Crippen LogP contribution in [-0.4, -0.2) is 12.0 Å². The highest BCUT2D eigenvalue weighted by Gasteiger charge is 2.14. The Labute approximate surface area is 127 Å². The Morgan fingerprint density at radius 2 is 1.90 bits per heavy atom. The number of amides is 1. The number of carbonyl (C=O) groups is 1. The number of ether oxygens (including phenoxy) is 1. The molecule has 1 amide bonds. The van der Waals surface area contributed by atoms with E-state index in [0.29, 0.717) is 5.75 Å². The first-order valence-corrected chi connectivity index (χ1v) is 7.13. The fraction of sp³-hybridized carbons (Fsp3) is 0.188. The smallest absolute Gasteiger partial charge is 0.265 e. The molecule has 1 atom stereocenters. The molecule has 0 spiro atoms. The van der Waals surface area contributed by atoms with Crippen LogP contribution in [-0.2, 0) is 4.79 Å². The molecule has 0 aliphatic carbocycles. The van der Waals surface area contributed by atoms with Gasteiger partial charge < -0.3 is 10.1 Å². The van der Waals surface area contributed by atoms with E-state index in [1.165, 1.54) is 0 Å². The van der Waals surface area contributed by atoms with Gasteiger partial charge in [0.15, 0.2) is 6.10 Å². The van der Waals surface area contributed by atoms with Crippen LogP contribution in [0.5, 0.6) is 5.75 Å². The number of benzene rings is 2. The molecule has 0 radical (unpaired) electrons. The van der Waals surface area contributed by atoms with E-state index in [9.17, 15) is 4.79 Å². The third-order valence-electron chi connectivity index (χ3n) is 2.80. The van der Waals surface area contributed by atoms with Crippen molar-refractivity contribution in [3.05, 3.63) is 58.6 Å². The standard InChI is InChI=1S/C16H16BrNO2/c1-11-6-8-14(9-7-11)18-16(19)12(2)20-15-5-3-4-13(17)10-15/h3-10,12H,1-2H3,(H,18,19). The van der Waals surface area contributed by atoms with Crippen LogP contribution in [0.3, 0.4) is 0 Å². The van der Waals surface area contributed by atoms with Gasteiger partial charge in [-0.1, -0.05) is 39.7 Å². The van der Waals surface area contributed by atoms with E-state index in [-0.39, 0.29) is 5.91 Å². The molecule has 104 valence electrons. The van der Waals surface area contributed by atoms with Gasteiger partial charge in [0.05, 0.1) is 0 Å². The van der Waals surface area contributed by atoms with Crippen molar-refractivity contribution in [2.45, 2.75) is 20.0 Å². The number of carbonyl (C=O) groups excluding carboxylic acids is 1. The molecule has 1 unspecified atom stereocenters. The van der Waals surface area contributed by atoms with E-state index < -0.39 is 6.10 Å². The third kappa shape index (κ3) is 4.10. The Morgan fingerprint density at radius 1 is 1.20 bits per heavy atom. The van der Waals surface area contributed by atoms with Crippen LogP contribution in [0.15, 0.2) is 53.0 Å². The lowest BCUT2D eigenvalue weighted by Gasteiger charge is -2.15. The van der Waals surface area contributed by atoms with Gasteiger partial charge in [-0.2, -0.15) is 0 Å². The van der Waals surface area contributed by atoms with Crippen molar-refractivity contribution in [3.63, 3.8) is 0 Å². The van der Waals surface area contributed by atoms with Gasteiger partial charge in [0.25, 0.3) is 5.91 Å². The van der Waals surface area contributed by atoms with E-state index in [0.717, 1.165) is 15.7 Å². The fourth-order valence-electron chi connectivity index (χ4n) is 1.68. The Balaban J connectivity index is 1.96. The number of halogens is 1. The van der Waals surface area contributed by atoms with Gasteiger partial charge in [-0.25, -0.2) is 0 Å². The van der Waals surface area contributed by atoms with Crippen molar-refractivity contribution < 1.29 is 9.53 Å². The van der Waals surface area contributed by atoms with Gasteiger partial charge in [0.1, 0.15) is 5.75 Å². The number of anilines is 1. The molecule has 0 aliphatic heterocycles. The Morgan fingerprint density at radius 3 is 2.55 bits per heavy atom. The summed E-state index contributed by atoms with van der Waals surface area (Å²) in [6, 6.07) is 15.1. The van der Waals surface area contributed by atoms with Gasteiger partial charge >= 0.3 is 0 Å². The second kappa shape index (κ2) is 6.57. The summed E-state index contributed by atoms with van der Waals surface area (Å²) in [6.07, 6.45) is -0.564. The molecule has 3 nitrogen and oxygen atoms in total. The maximum Gasteiger partial charge on any atom is 0.265 e. The van der Waals surface area contributed by atoms with E-state index in [1.54, 1.807) is 6.92 Å². The Bertz CT molecular complexity index is 596. The molecule has 0 fully saturated rings. The van der Waals surface area contributed by atoms with Crippen molar-refractivity contribution in [2.75, 3.05) is 5.32 Å². The highest BCUT2D eigenvalue weighted by Crippen LogP contribution is 2.19. The van der Waals surface area contributed by atoms with E-state index >= 15 is 0 Å². The molecule has 0 heterocycles. The van der Waals surface area contributed by atoms with Gasteiger partial charge in [-0.05, 0) is 44.2 Å². The van der Waals surface area contributed by atoms with Crippen LogP contribution < -0.4 is 10.1 Å². The minimum atomic E-state index is -0.564. The molecule has 0 aliphatic rings. The molecule has 1 N–H and O–H groups in total. The molecule has 0 saturated carbocycles. The topological polar surface area (TPSA) is 38.3 Å². The summed E-state index contributed by atoms with van der Waals surface area (Å²) >= 11 is 3.37. The first-order chi connectivity index (χ1) is 9.54. The highest BCUT2D eigenvalue weighted by molar-refractivity contribution is 9.10. The first-order valence-electron chi connectivity index (χ1n) is 6.34. The number of rotatable bonds is 4. The quantitative estimate of drug-likeness (QED) is 0.912. The van der Waals surface area contributed by atoms with Crippen molar-refractivity contribution >= 4 is 27.5 Å². The van der Waals surface area contributed by atoms with Crippen molar-refractivity contribution in [3.8, 4) is 5.75 Å². The van der Waals surface area contributed by atoms with Crippen molar-refractivity contribution in [1.82, 2.24) is 0 Å². The van der Waals surface area contributed by atoms with Crippen molar-refractivity contribution in [2.24, 2.45) is 0 Å². The van der Waals surface area contributed by atoms with E-state index in [1.807, 2.05) is 55.5 Å². The summed E-state index contributed by atoms with van der Waals surface area (Å²) in [7, 11) is 0. The van der Waals surface area contributed by atoms with E-state index in [2.05, 4.69) is 21.2 Å². The Hall–Kier alpha value is -1.81. The van der Waals surface area contributed by atoms with Crippen LogP contribution in [0.4, 0.5) is 5.69 Å². The molecular weight excluding hydrogens is 318 g/mol. The maximum atomic E-state index is 12.0. The van der Waals surface area contributed by atoms with Crippen LogP contribution in [0.25, 0.3) is 0 Å². The average Bonchev–Trinajstić information content (AvgIpc) is 2.41. The summed E-state index contributed by atoms with van der Waals surface area (Å²) in [4.78, 5) is 12.0. The zero-order valence-corrected chi connectivity index (χ0v) is 13.0. The molecule has 20 heavy (non-hydrogen) atoms. The minimum absolute atomic E-state index is 0.172. The summed E-state index contributed by atoms with van der Waals surface area (Å²) in [6.45, 7) is 3.73. The maximum absolute atomic E-state index is 12.0. The summed E-state index contributed by atoms with van der Waals surface area (Å²) in [5.41, 5.74) is 1.92. The van der Waals surface area contributed by atoms with Crippen LogP contribution in [0.2, 0.25) is 0 Å². The lowest BCUT2D eigenvalue weighted by Crippen LogP contribution is -2.30. The third-order valence-corrected chi connectivity index (χ3v) is 3.29. The van der Waals surface area contributed by atoms with Gasteiger partial charge in [-0.15, -0.1) is 0 Å². The highest BCUT2D eigenvalue weighted by atomic mass is 79.9. The number of hydrogen-bond donors (Lipinski definition) is 1. The molecule has 0 aromatic heterocycles. The molecule has 0 saturated heterocycles. The summed E-state index contributed by atoms with van der Waals surface area (Å²) < 4.78 is 6.53. The SMILES string of the molecule is Cc1ccc(NC(=O)C(C)Oc2cccc(Br)c2)cc1. The predicted octanol–water partition coefficient (Wildman–Crippen LogP) is 4.16. The lowest BCUT2D eigenvalue weighted by molar-refractivity contribution is -0.122. The molecule has 2 aromatic carbocycles. The molecule has 0 bridgehead atoms. The molecule has 2 aromatic rings. The Kier molecular flexibility index (Phi) is 4.79. The summed E-state index contributed by atoms with van der Waals surface area (Å²) in [5.74, 6) is 0.486. The normalized spacial score (nSPS) is 11.8. The first kappa shape index (κ1) is 14.6. The zero-order chi connectivity index (χ0) is 14.5. The molecular formula is C16H16BrNO2. The van der Waals surface area contributed by atoms with Crippen LogP contribution in [0.1, 0.15) is 12.5 Å². The predicted molar refractivity (Wildman–Crippen MR) is 84.0 cm³/mol. The minimum Gasteiger partial charge on any atom is -0.481 e. The van der Waals surface area contributed by atoms with Gasteiger partial charge in [0.2, 0.25) is 0 Å². The second-order valence-corrected chi connectivity index (χ2v) is 5.49. The van der Waals surface area contributed by atoms with Gasteiger partial charge in [-0.3, -0.25) is 4.79 Å². The largest absolute Gasteiger partial charge is 0.481 e. The number of hydrogen-bond acceptors (Lipinski definition) is 2.